The van der Waals surface area contributed by atoms with Gasteiger partial charge in [-0.3, -0.25) is 9.89 Å². The van der Waals surface area contributed by atoms with Crippen molar-refractivity contribution in [3.05, 3.63) is 28.4 Å². The second-order valence-electron chi connectivity index (χ2n) is 3.80. The quantitative estimate of drug-likeness (QED) is 0.648. The van der Waals surface area contributed by atoms with Crippen molar-refractivity contribution in [3.63, 3.8) is 0 Å². The van der Waals surface area contributed by atoms with E-state index < -0.39 is 0 Å². The van der Waals surface area contributed by atoms with Gasteiger partial charge in [-0.15, -0.1) is 5.10 Å². The number of carbonyl (C=O) groups is 1. The molecular weight excluding hydrogens is 330 g/mol. The van der Waals surface area contributed by atoms with E-state index in [1.54, 1.807) is 6.21 Å². The summed E-state index contributed by atoms with van der Waals surface area (Å²) < 4.78 is 0.836. The van der Waals surface area contributed by atoms with Gasteiger partial charge in [0.25, 0.3) is 0 Å². The lowest BCUT2D eigenvalue weighted by Crippen LogP contribution is -2.19. The first-order valence-electron chi connectivity index (χ1n) is 5.40. The third-order valence-electron chi connectivity index (χ3n) is 2.47. The molecule has 6 nitrogen and oxygen atoms in total. The molecule has 0 saturated carbocycles. The van der Waals surface area contributed by atoms with Crippen LogP contribution in [0.15, 0.2) is 33.0 Å². The van der Waals surface area contributed by atoms with Gasteiger partial charge in [-0.2, -0.15) is 10.2 Å². The number of amidine groups is 1. The summed E-state index contributed by atoms with van der Waals surface area (Å²) >= 11 is 4.73. The van der Waals surface area contributed by atoms with Crippen LogP contribution in [0.3, 0.4) is 0 Å². The van der Waals surface area contributed by atoms with Crippen molar-refractivity contribution in [1.29, 1.82) is 0 Å². The van der Waals surface area contributed by atoms with E-state index in [0.717, 1.165) is 21.1 Å². The average molecular weight is 338 g/mol. The van der Waals surface area contributed by atoms with Crippen molar-refractivity contribution >= 4 is 55.9 Å². The zero-order valence-corrected chi connectivity index (χ0v) is 12.0. The maximum absolute atomic E-state index is 11.0. The van der Waals surface area contributed by atoms with Gasteiger partial charge < -0.3 is 5.32 Å². The second kappa shape index (κ2) is 5.14. The summed E-state index contributed by atoms with van der Waals surface area (Å²) in [6, 6.07) is 5.75. The van der Waals surface area contributed by atoms with Gasteiger partial charge in [0.05, 0.1) is 17.5 Å². The maximum Gasteiger partial charge on any atom is 0.236 e. The van der Waals surface area contributed by atoms with E-state index in [2.05, 4.69) is 41.6 Å². The van der Waals surface area contributed by atoms with Crippen molar-refractivity contribution in [1.82, 2.24) is 15.5 Å². The fourth-order valence-electron chi connectivity index (χ4n) is 1.60. The Labute approximate surface area is 120 Å². The molecule has 1 aromatic heterocycles. The van der Waals surface area contributed by atoms with Gasteiger partial charge in [0.2, 0.25) is 5.91 Å². The first-order valence-corrected chi connectivity index (χ1v) is 7.17. The summed E-state index contributed by atoms with van der Waals surface area (Å²) in [6.07, 6.45) is 1.64. The number of rotatable bonds is 2. The highest BCUT2D eigenvalue weighted by atomic mass is 79.9. The van der Waals surface area contributed by atoms with Crippen LogP contribution in [0.25, 0.3) is 10.9 Å². The Bertz CT molecular complexity index is 708. The number of hydrogen-bond acceptors (Lipinski definition) is 5. The SMILES string of the molecule is O=C1CSC(=NN=Cc2ccc3n[nH]c(Br)c3c2)N1. The third kappa shape index (κ3) is 2.69. The number of nitrogens with zero attached hydrogens (tertiary/aromatic N) is 3. The first kappa shape index (κ1) is 12.4. The number of carbonyl (C=O) groups excluding carboxylic acids is 1. The lowest BCUT2D eigenvalue weighted by Gasteiger charge is -1.93. The van der Waals surface area contributed by atoms with Crippen molar-refractivity contribution in [3.8, 4) is 0 Å². The molecule has 1 aromatic carbocycles. The largest absolute Gasteiger partial charge is 0.303 e. The number of H-pyrrole nitrogens is 1. The number of fused-ring (bicyclic) bond motifs is 1. The minimum atomic E-state index is -0.0392. The van der Waals surface area contributed by atoms with E-state index in [9.17, 15) is 4.79 Å². The van der Waals surface area contributed by atoms with Gasteiger partial charge in [-0.1, -0.05) is 17.8 Å². The van der Waals surface area contributed by atoms with Crippen LogP contribution in [0, 0.1) is 0 Å². The Balaban J connectivity index is 1.81. The minimum absolute atomic E-state index is 0.0392. The molecule has 96 valence electrons. The van der Waals surface area contributed by atoms with E-state index in [4.69, 9.17) is 0 Å². The van der Waals surface area contributed by atoms with Crippen LogP contribution in [0.1, 0.15) is 5.56 Å². The molecular formula is C11H8BrN5OS. The predicted molar refractivity (Wildman–Crippen MR) is 79.4 cm³/mol. The summed E-state index contributed by atoms with van der Waals surface area (Å²) in [6.45, 7) is 0. The molecule has 0 radical (unpaired) electrons. The van der Waals surface area contributed by atoms with Crippen molar-refractivity contribution in [2.75, 3.05) is 5.75 Å². The molecule has 2 N–H and O–H groups in total. The molecule has 1 fully saturated rings. The van der Waals surface area contributed by atoms with Gasteiger partial charge in [0.1, 0.15) is 4.60 Å². The molecule has 0 spiro atoms. The predicted octanol–water partition coefficient (Wildman–Crippen LogP) is 1.88. The number of hydrogen-bond donors (Lipinski definition) is 2. The smallest absolute Gasteiger partial charge is 0.236 e. The summed E-state index contributed by atoms with van der Waals surface area (Å²) in [4.78, 5) is 11.0. The monoisotopic (exact) mass is 337 g/mol. The fraction of sp³-hybridized carbons (Fsp3) is 0.0909. The molecule has 19 heavy (non-hydrogen) atoms. The van der Waals surface area contributed by atoms with Gasteiger partial charge in [0.15, 0.2) is 5.17 Å². The Morgan fingerprint density at radius 2 is 2.37 bits per heavy atom. The lowest BCUT2D eigenvalue weighted by atomic mass is 10.2. The highest BCUT2D eigenvalue weighted by Crippen LogP contribution is 2.21. The minimum Gasteiger partial charge on any atom is -0.303 e. The van der Waals surface area contributed by atoms with Crippen LogP contribution >= 0.6 is 27.7 Å². The summed E-state index contributed by atoms with van der Waals surface area (Å²) in [7, 11) is 0. The zero-order valence-electron chi connectivity index (χ0n) is 9.55. The maximum atomic E-state index is 11.0. The Morgan fingerprint density at radius 3 is 3.16 bits per heavy atom. The van der Waals surface area contributed by atoms with Crippen LogP contribution in [0.2, 0.25) is 0 Å². The number of benzene rings is 1. The molecule has 8 heteroatoms. The molecule has 1 amide bonds. The summed E-state index contributed by atoms with van der Waals surface area (Å²) in [5, 5.41) is 19.0. The van der Waals surface area contributed by atoms with E-state index >= 15 is 0 Å². The average Bonchev–Trinajstić information content (AvgIpc) is 2.97. The van der Waals surface area contributed by atoms with E-state index in [1.165, 1.54) is 11.8 Å². The molecule has 2 heterocycles. The number of nitrogens with one attached hydrogen (secondary N) is 2. The van der Waals surface area contributed by atoms with Crippen LogP contribution in [0.4, 0.5) is 0 Å². The van der Waals surface area contributed by atoms with Crippen LogP contribution in [0.5, 0.6) is 0 Å². The van der Waals surface area contributed by atoms with Crippen molar-refractivity contribution in [2.45, 2.75) is 0 Å². The van der Waals surface area contributed by atoms with Crippen LogP contribution in [-0.2, 0) is 4.79 Å². The molecule has 0 bridgehead atoms. The highest BCUT2D eigenvalue weighted by molar-refractivity contribution is 9.10. The molecule has 2 aromatic rings. The van der Waals surface area contributed by atoms with Gasteiger partial charge in [0, 0.05) is 5.39 Å². The topological polar surface area (TPSA) is 82.5 Å². The molecule has 0 aliphatic carbocycles. The van der Waals surface area contributed by atoms with Crippen LogP contribution < -0.4 is 5.32 Å². The number of aromatic amines is 1. The summed E-state index contributed by atoms with van der Waals surface area (Å²) in [5.41, 5.74) is 1.79. The Hall–Kier alpha value is -1.67. The number of halogens is 1. The standard InChI is InChI=1S/C11H8BrN5OS/c12-10-7-3-6(1-2-8(7)15-16-10)4-13-17-11-14-9(18)5-19-11/h1-4H,5H2,(H,15,16)(H,14,17,18). The second-order valence-corrected chi connectivity index (χ2v) is 5.56. The number of aromatic nitrogens is 2. The molecule has 1 aliphatic rings. The zero-order chi connectivity index (χ0) is 13.2. The molecule has 1 saturated heterocycles. The fourth-order valence-corrected chi connectivity index (χ4v) is 2.64. The van der Waals surface area contributed by atoms with Gasteiger partial charge >= 0.3 is 0 Å². The van der Waals surface area contributed by atoms with Gasteiger partial charge in [-0.05, 0) is 33.6 Å². The molecule has 0 atom stereocenters. The lowest BCUT2D eigenvalue weighted by molar-refractivity contribution is -0.116. The molecule has 1 aliphatic heterocycles. The number of thioether (sulfide) groups is 1. The Kier molecular flexibility index (Phi) is 3.34. The number of amides is 1. The first-order chi connectivity index (χ1) is 9.22. The van der Waals surface area contributed by atoms with Crippen molar-refractivity contribution in [2.24, 2.45) is 10.2 Å². The van der Waals surface area contributed by atoms with Gasteiger partial charge in [-0.25, -0.2) is 0 Å². The van der Waals surface area contributed by atoms with Crippen molar-refractivity contribution < 1.29 is 4.79 Å². The third-order valence-corrected chi connectivity index (χ3v) is 3.94. The van der Waals surface area contributed by atoms with E-state index in [0.29, 0.717) is 10.9 Å². The van der Waals surface area contributed by atoms with Crippen LogP contribution in [-0.4, -0.2) is 33.2 Å². The van der Waals surface area contributed by atoms with E-state index in [-0.39, 0.29) is 5.91 Å². The summed E-state index contributed by atoms with van der Waals surface area (Å²) in [5.74, 6) is 0.366. The highest BCUT2D eigenvalue weighted by Gasteiger charge is 2.15. The normalized spacial score (nSPS) is 17.7. The van der Waals surface area contributed by atoms with E-state index in [1.807, 2.05) is 18.2 Å². The molecule has 0 unspecified atom stereocenters. The Morgan fingerprint density at radius 1 is 1.47 bits per heavy atom. The molecule has 3 rings (SSSR count).